The van der Waals surface area contributed by atoms with Crippen molar-refractivity contribution >= 4 is 17.1 Å². The van der Waals surface area contributed by atoms with Crippen LogP contribution >= 0.6 is 0 Å². The zero-order valence-corrected chi connectivity index (χ0v) is 7.26. The molecule has 1 aromatic carbocycles. The molecular weight excluding hydrogens is 190 g/mol. The number of hydrogen-bond donors (Lipinski definition) is 1. The highest BCUT2D eigenvalue weighted by Crippen LogP contribution is 2.25. The molecule has 74 valence electrons. The largest absolute Gasteiger partial charge is 0.388 e. The van der Waals surface area contributed by atoms with Gasteiger partial charge in [-0.1, -0.05) is 0 Å². The van der Waals surface area contributed by atoms with Crippen LogP contribution in [0.15, 0.2) is 18.2 Å². The predicted octanol–water partition coefficient (Wildman–Crippen LogP) is 1.54. The van der Waals surface area contributed by atoms with Gasteiger partial charge in [-0.15, -0.1) is 0 Å². The summed E-state index contributed by atoms with van der Waals surface area (Å²) in [6.07, 6.45) is 0. The molecule has 0 atom stereocenters. The second-order valence-electron chi connectivity index (χ2n) is 2.50. The molecule has 0 unspecified atom stereocenters. The fourth-order valence-electron chi connectivity index (χ4n) is 0.950. The van der Waals surface area contributed by atoms with Gasteiger partial charge in [0.25, 0.3) is 11.4 Å². The second-order valence-corrected chi connectivity index (χ2v) is 2.50. The van der Waals surface area contributed by atoms with Crippen LogP contribution in [0, 0.1) is 20.2 Å². The summed E-state index contributed by atoms with van der Waals surface area (Å²) in [6.45, 7) is 0. The average Bonchev–Trinajstić information content (AvgIpc) is 2.16. The summed E-state index contributed by atoms with van der Waals surface area (Å²) in [7, 11) is 1.53. The van der Waals surface area contributed by atoms with Crippen molar-refractivity contribution in [2.24, 2.45) is 0 Å². The highest BCUT2D eigenvalue weighted by atomic mass is 16.6. The Kier molecular flexibility index (Phi) is 2.61. The van der Waals surface area contributed by atoms with Gasteiger partial charge < -0.3 is 5.32 Å². The molecule has 1 N–H and O–H groups in total. The summed E-state index contributed by atoms with van der Waals surface area (Å²) in [5, 5.41) is 23.4. The van der Waals surface area contributed by atoms with Crippen LogP contribution in [0.3, 0.4) is 0 Å². The molecule has 0 bridgehead atoms. The first-order valence-corrected chi connectivity index (χ1v) is 3.66. The van der Waals surface area contributed by atoms with Gasteiger partial charge >= 0.3 is 0 Å². The van der Waals surface area contributed by atoms with Crippen LogP contribution in [0.4, 0.5) is 17.1 Å². The maximum atomic E-state index is 10.4. The first-order chi connectivity index (χ1) is 6.54. The molecule has 0 aliphatic heterocycles. The monoisotopic (exact) mass is 197 g/mol. The molecule has 0 aliphatic carbocycles. The van der Waals surface area contributed by atoms with Crippen molar-refractivity contribution in [1.82, 2.24) is 0 Å². The topological polar surface area (TPSA) is 98.3 Å². The molecule has 7 nitrogen and oxygen atoms in total. The zero-order chi connectivity index (χ0) is 10.7. The van der Waals surface area contributed by atoms with Crippen molar-refractivity contribution in [3.63, 3.8) is 0 Å². The number of nitro groups is 2. The van der Waals surface area contributed by atoms with E-state index in [0.717, 1.165) is 6.07 Å². The van der Waals surface area contributed by atoms with E-state index < -0.39 is 9.85 Å². The molecule has 1 rings (SSSR count). The highest BCUT2D eigenvalue weighted by molar-refractivity contribution is 5.58. The number of anilines is 1. The standard InChI is InChI=1S/C7H7N3O4/c1-8-5-2-6(9(11)12)4-7(3-5)10(13)14/h2-4,8H,1H3. The molecule has 0 spiro atoms. The number of nitrogens with one attached hydrogen (secondary N) is 1. The third-order valence-corrected chi connectivity index (χ3v) is 1.61. The fourth-order valence-corrected chi connectivity index (χ4v) is 0.950. The molecule has 0 aromatic heterocycles. The second kappa shape index (κ2) is 3.69. The summed E-state index contributed by atoms with van der Waals surface area (Å²) in [5.41, 5.74) is -0.266. The number of non-ortho nitro benzene ring substituents is 2. The summed E-state index contributed by atoms with van der Waals surface area (Å²) >= 11 is 0. The lowest BCUT2D eigenvalue weighted by molar-refractivity contribution is -0.394. The number of nitrogens with zero attached hydrogens (tertiary/aromatic N) is 2. The Bertz CT molecular complexity index is 358. The minimum absolute atomic E-state index is 0.302. The number of hydrogen-bond acceptors (Lipinski definition) is 5. The zero-order valence-electron chi connectivity index (χ0n) is 7.26. The number of nitro benzene ring substituents is 2. The minimum atomic E-state index is -0.673. The Morgan fingerprint density at radius 2 is 1.50 bits per heavy atom. The SMILES string of the molecule is CNc1cc([N+](=O)[O-])cc([N+](=O)[O-])c1. The van der Waals surface area contributed by atoms with Crippen molar-refractivity contribution in [1.29, 1.82) is 0 Å². The normalized spacial score (nSPS) is 9.50. The summed E-state index contributed by atoms with van der Waals surface area (Å²) in [5.74, 6) is 0. The Hall–Kier alpha value is -2.18. The van der Waals surface area contributed by atoms with E-state index in [9.17, 15) is 20.2 Å². The van der Waals surface area contributed by atoms with Crippen LogP contribution < -0.4 is 5.32 Å². The van der Waals surface area contributed by atoms with Gasteiger partial charge in [0.15, 0.2) is 0 Å². The Labute approximate surface area is 78.7 Å². The molecule has 0 amide bonds. The van der Waals surface area contributed by atoms with E-state index >= 15 is 0 Å². The molecule has 1 aromatic rings. The minimum Gasteiger partial charge on any atom is -0.388 e. The molecule has 0 fully saturated rings. The molecule has 0 saturated carbocycles. The third-order valence-electron chi connectivity index (χ3n) is 1.61. The van der Waals surface area contributed by atoms with Gasteiger partial charge in [0.2, 0.25) is 0 Å². The molecule has 0 saturated heterocycles. The lowest BCUT2D eigenvalue weighted by Crippen LogP contribution is -1.96. The first kappa shape index (κ1) is 9.90. The lowest BCUT2D eigenvalue weighted by atomic mass is 10.2. The number of benzene rings is 1. The van der Waals surface area contributed by atoms with Crippen molar-refractivity contribution in [3.05, 3.63) is 38.4 Å². The molecule has 7 heteroatoms. The van der Waals surface area contributed by atoms with E-state index in [1.54, 1.807) is 0 Å². The smallest absolute Gasteiger partial charge is 0.278 e. The van der Waals surface area contributed by atoms with Gasteiger partial charge in [0, 0.05) is 24.9 Å². The van der Waals surface area contributed by atoms with Crippen LogP contribution in [-0.4, -0.2) is 16.9 Å². The summed E-state index contributed by atoms with van der Waals surface area (Å²) in [4.78, 5) is 19.5. The fraction of sp³-hybridized carbons (Fsp3) is 0.143. The third kappa shape index (κ3) is 1.94. The van der Waals surface area contributed by atoms with Crippen molar-refractivity contribution < 1.29 is 9.85 Å². The van der Waals surface area contributed by atoms with Crippen LogP contribution in [-0.2, 0) is 0 Å². The Morgan fingerprint density at radius 1 is 1.07 bits per heavy atom. The van der Waals surface area contributed by atoms with E-state index in [0.29, 0.717) is 5.69 Å². The quantitative estimate of drug-likeness (QED) is 0.585. The molecule has 14 heavy (non-hydrogen) atoms. The summed E-state index contributed by atoms with van der Waals surface area (Å²) in [6, 6.07) is 3.38. The maximum Gasteiger partial charge on any atom is 0.278 e. The molecule has 0 heterocycles. The van der Waals surface area contributed by atoms with Gasteiger partial charge in [-0.2, -0.15) is 0 Å². The van der Waals surface area contributed by atoms with E-state index in [-0.39, 0.29) is 11.4 Å². The van der Waals surface area contributed by atoms with Crippen LogP contribution in [0.1, 0.15) is 0 Å². The van der Waals surface area contributed by atoms with Crippen LogP contribution in [0.2, 0.25) is 0 Å². The molecule has 0 radical (unpaired) electrons. The van der Waals surface area contributed by atoms with Gasteiger partial charge in [-0.25, -0.2) is 0 Å². The highest BCUT2D eigenvalue weighted by Gasteiger charge is 2.15. The average molecular weight is 197 g/mol. The van der Waals surface area contributed by atoms with Gasteiger partial charge in [0.1, 0.15) is 0 Å². The van der Waals surface area contributed by atoms with Crippen molar-refractivity contribution in [3.8, 4) is 0 Å². The van der Waals surface area contributed by atoms with E-state index in [1.165, 1.54) is 19.2 Å². The first-order valence-electron chi connectivity index (χ1n) is 3.66. The van der Waals surface area contributed by atoms with E-state index in [4.69, 9.17) is 0 Å². The predicted molar refractivity (Wildman–Crippen MR) is 49.3 cm³/mol. The van der Waals surface area contributed by atoms with Crippen LogP contribution in [0.5, 0.6) is 0 Å². The number of rotatable bonds is 3. The molecule has 0 aliphatic rings. The maximum absolute atomic E-state index is 10.4. The van der Waals surface area contributed by atoms with E-state index in [2.05, 4.69) is 5.32 Å². The van der Waals surface area contributed by atoms with Gasteiger partial charge in [0.05, 0.1) is 15.9 Å². The molecular formula is C7H7N3O4. The van der Waals surface area contributed by atoms with Crippen molar-refractivity contribution in [2.75, 3.05) is 12.4 Å². The van der Waals surface area contributed by atoms with Gasteiger partial charge in [-0.3, -0.25) is 20.2 Å². The van der Waals surface area contributed by atoms with E-state index in [1.807, 2.05) is 0 Å². The van der Waals surface area contributed by atoms with Crippen molar-refractivity contribution in [2.45, 2.75) is 0 Å². The lowest BCUT2D eigenvalue weighted by Gasteiger charge is -1.99. The van der Waals surface area contributed by atoms with Gasteiger partial charge in [-0.05, 0) is 0 Å². The van der Waals surface area contributed by atoms with Crippen LogP contribution in [0.25, 0.3) is 0 Å². The Balaban J connectivity index is 3.27. The summed E-state index contributed by atoms with van der Waals surface area (Å²) < 4.78 is 0. The Morgan fingerprint density at radius 3 is 1.79 bits per heavy atom.